The number of aliphatic hydroxyl groups excluding tert-OH is 1. The molecule has 0 spiro atoms. The lowest BCUT2D eigenvalue weighted by Gasteiger charge is -2.14. The van der Waals surface area contributed by atoms with Crippen molar-refractivity contribution in [2.24, 2.45) is 7.05 Å². The standard InChI is InChI=1S/C17H21N5O2/c1-11(14-9-19-21(3)12(14)2)20-17(24)13-4-5-16-15(8-13)18-10-22(16)6-7-23/h4-5,8-11,23H,6-7H2,1-3H3,(H,20,24)/t11-/m1/s1. The van der Waals surface area contributed by atoms with Gasteiger partial charge in [-0.3, -0.25) is 9.48 Å². The highest BCUT2D eigenvalue weighted by Crippen LogP contribution is 2.18. The largest absolute Gasteiger partial charge is 0.395 e. The van der Waals surface area contributed by atoms with Crippen molar-refractivity contribution in [3.63, 3.8) is 0 Å². The van der Waals surface area contributed by atoms with Crippen molar-refractivity contribution in [1.82, 2.24) is 24.6 Å². The second-order valence-electron chi connectivity index (χ2n) is 5.87. The van der Waals surface area contributed by atoms with Gasteiger partial charge in [0.2, 0.25) is 0 Å². The van der Waals surface area contributed by atoms with Gasteiger partial charge in [-0.15, -0.1) is 0 Å². The maximum absolute atomic E-state index is 12.5. The molecule has 0 radical (unpaired) electrons. The summed E-state index contributed by atoms with van der Waals surface area (Å²) in [5, 5.41) is 16.3. The number of benzene rings is 1. The molecule has 2 N–H and O–H groups in total. The summed E-state index contributed by atoms with van der Waals surface area (Å²) >= 11 is 0. The van der Waals surface area contributed by atoms with Crippen LogP contribution in [0.5, 0.6) is 0 Å². The SMILES string of the molecule is Cc1c([C@@H](C)NC(=O)c2ccc3c(c2)ncn3CCO)cnn1C. The van der Waals surface area contributed by atoms with Crippen LogP contribution in [0.2, 0.25) is 0 Å². The van der Waals surface area contributed by atoms with E-state index in [0.717, 1.165) is 22.3 Å². The van der Waals surface area contributed by atoms with Gasteiger partial charge in [-0.25, -0.2) is 4.98 Å². The van der Waals surface area contributed by atoms with E-state index in [-0.39, 0.29) is 18.6 Å². The second-order valence-corrected chi connectivity index (χ2v) is 5.87. The molecule has 7 heteroatoms. The van der Waals surface area contributed by atoms with Gasteiger partial charge in [-0.2, -0.15) is 5.10 Å². The van der Waals surface area contributed by atoms with E-state index in [4.69, 9.17) is 5.11 Å². The molecule has 0 aliphatic rings. The Morgan fingerprint density at radius 3 is 2.88 bits per heavy atom. The number of hydrogen-bond acceptors (Lipinski definition) is 4. The van der Waals surface area contributed by atoms with Crippen molar-refractivity contribution in [1.29, 1.82) is 0 Å². The number of aromatic nitrogens is 4. The van der Waals surface area contributed by atoms with Crippen LogP contribution < -0.4 is 5.32 Å². The molecule has 0 unspecified atom stereocenters. The summed E-state index contributed by atoms with van der Waals surface area (Å²) in [7, 11) is 1.88. The van der Waals surface area contributed by atoms with Crippen molar-refractivity contribution in [3.05, 3.63) is 47.5 Å². The normalized spacial score (nSPS) is 12.5. The zero-order valence-corrected chi connectivity index (χ0v) is 14.0. The summed E-state index contributed by atoms with van der Waals surface area (Å²) < 4.78 is 3.65. The van der Waals surface area contributed by atoms with E-state index in [0.29, 0.717) is 12.1 Å². The first kappa shape index (κ1) is 16.2. The van der Waals surface area contributed by atoms with Crippen LogP contribution in [0.25, 0.3) is 11.0 Å². The molecule has 0 saturated carbocycles. The Hall–Kier alpha value is -2.67. The summed E-state index contributed by atoms with van der Waals surface area (Å²) in [5.74, 6) is -0.149. The summed E-state index contributed by atoms with van der Waals surface area (Å²) in [6.07, 6.45) is 3.45. The van der Waals surface area contributed by atoms with Gasteiger partial charge in [0.25, 0.3) is 5.91 Å². The number of carbonyl (C=O) groups is 1. The third-order valence-electron chi connectivity index (χ3n) is 4.31. The van der Waals surface area contributed by atoms with Gasteiger partial charge in [0.05, 0.1) is 36.2 Å². The number of nitrogens with one attached hydrogen (secondary N) is 1. The Morgan fingerprint density at radius 1 is 1.42 bits per heavy atom. The number of rotatable bonds is 5. The molecule has 0 aliphatic carbocycles. The minimum absolute atomic E-state index is 0.0513. The quantitative estimate of drug-likeness (QED) is 0.745. The molecule has 0 aliphatic heterocycles. The maximum Gasteiger partial charge on any atom is 0.251 e. The van der Waals surface area contributed by atoms with E-state index in [1.165, 1.54) is 0 Å². The average molecular weight is 327 g/mol. The van der Waals surface area contributed by atoms with Crippen LogP contribution in [0.4, 0.5) is 0 Å². The van der Waals surface area contributed by atoms with Gasteiger partial charge in [-0.1, -0.05) is 0 Å². The third-order valence-corrected chi connectivity index (χ3v) is 4.31. The van der Waals surface area contributed by atoms with Gasteiger partial charge in [0.15, 0.2) is 0 Å². The summed E-state index contributed by atoms with van der Waals surface area (Å²) in [5.41, 5.74) is 4.23. The molecular formula is C17H21N5O2. The van der Waals surface area contributed by atoms with Crippen molar-refractivity contribution < 1.29 is 9.90 Å². The Balaban J connectivity index is 1.79. The summed E-state index contributed by atoms with van der Waals surface area (Å²) in [6, 6.07) is 5.26. The fourth-order valence-corrected chi connectivity index (χ4v) is 2.79. The lowest BCUT2D eigenvalue weighted by atomic mass is 10.1. The molecule has 126 valence electrons. The van der Waals surface area contributed by atoms with Gasteiger partial charge >= 0.3 is 0 Å². The smallest absolute Gasteiger partial charge is 0.251 e. The topological polar surface area (TPSA) is 85.0 Å². The summed E-state index contributed by atoms with van der Waals surface area (Å²) in [4.78, 5) is 16.8. The molecule has 0 fully saturated rings. The molecule has 1 atom stereocenters. The predicted octanol–water partition coefficient (Wildman–Crippen LogP) is 1.56. The van der Waals surface area contributed by atoms with Crippen LogP contribution in [-0.4, -0.2) is 37.0 Å². The lowest BCUT2D eigenvalue weighted by Crippen LogP contribution is -2.26. The van der Waals surface area contributed by atoms with E-state index in [1.807, 2.05) is 31.5 Å². The average Bonchev–Trinajstić information content (AvgIpc) is 3.11. The van der Waals surface area contributed by atoms with Crippen LogP contribution in [0.3, 0.4) is 0 Å². The fourth-order valence-electron chi connectivity index (χ4n) is 2.79. The molecule has 24 heavy (non-hydrogen) atoms. The number of amides is 1. The minimum atomic E-state index is -0.149. The summed E-state index contributed by atoms with van der Waals surface area (Å²) in [6.45, 7) is 4.45. The second kappa shape index (κ2) is 6.45. The minimum Gasteiger partial charge on any atom is -0.395 e. The number of aryl methyl sites for hydroxylation is 1. The van der Waals surface area contributed by atoms with Crippen molar-refractivity contribution in [2.75, 3.05) is 6.61 Å². The Morgan fingerprint density at radius 2 is 2.21 bits per heavy atom. The number of aliphatic hydroxyl groups is 1. The molecule has 0 saturated heterocycles. The lowest BCUT2D eigenvalue weighted by molar-refractivity contribution is 0.0940. The maximum atomic E-state index is 12.5. The zero-order valence-electron chi connectivity index (χ0n) is 14.0. The van der Waals surface area contributed by atoms with E-state index in [9.17, 15) is 4.79 Å². The Kier molecular flexibility index (Phi) is 4.35. The monoisotopic (exact) mass is 327 g/mol. The van der Waals surface area contributed by atoms with E-state index < -0.39 is 0 Å². The molecule has 7 nitrogen and oxygen atoms in total. The number of fused-ring (bicyclic) bond motifs is 1. The Labute approximate surface area is 139 Å². The van der Waals surface area contributed by atoms with E-state index in [1.54, 1.807) is 29.3 Å². The third kappa shape index (κ3) is 2.90. The Bertz CT molecular complexity index is 880. The fraction of sp³-hybridized carbons (Fsp3) is 0.353. The predicted molar refractivity (Wildman–Crippen MR) is 90.6 cm³/mol. The molecule has 1 amide bonds. The first-order chi connectivity index (χ1) is 11.5. The molecule has 3 aromatic rings. The van der Waals surface area contributed by atoms with Crippen LogP contribution in [0.15, 0.2) is 30.7 Å². The number of hydrogen-bond donors (Lipinski definition) is 2. The zero-order chi connectivity index (χ0) is 17.3. The molecule has 2 heterocycles. The number of nitrogens with zero attached hydrogens (tertiary/aromatic N) is 4. The number of imidazole rings is 1. The van der Waals surface area contributed by atoms with Gasteiger partial charge in [-0.05, 0) is 32.0 Å². The highest BCUT2D eigenvalue weighted by Gasteiger charge is 2.16. The van der Waals surface area contributed by atoms with Gasteiger partial charge < -0.3 is 15.0 Å². The molecule has 1 aromatic carbocycles. The first-order valence-corrected chi connectivity index (χ1v) is 7.86. The molecular weight excluding hydrogens is 306 g/mol. The highest BCUT2D eigenvalue weighted by atomic mass is 16.3. The molecule has 2 aromatic heterocycles. The molecule has 3 rings (SSSR count). The van der Waals surface area contributed by atoms with Crippen molar-refractivity contribution >= 4 is 16.9 Å². The molecule has 0 bridgehead atoms. The van der Waals surface area contributed by atoms with E-state index in [2.05, 4.69) is 15.4 Å². The van der Waals surface area contributed by atoms with Crippen LogP contribution in [-0.2, 0) is 13.6 Å². The highest BCUT2D eigenvalue weighted by molar-refractivity contribution is 5.97. The number of carbonyl (C=O) groups excluding carboxylic acids is 1. The van der Waals surface area contributed by atoms with Crippen LogP contribution in [0, 0.1) is 6.92 Å². The van der Waals surface area contributed by atoms with Gasteiger partial charge in [0, 0.05) is 30.4 Å². The van der Waals surface area contributed by atoms with Crippen LogP contribution in [0.1, 0.15) is 34.6 Å². The van der Waals surface area contributed by atoms with E-state index >= 15 is 0 Å². The van der Waals surface area contributed by atoms with Crippen molar-refractivity contribution in [2.45, 2.75) is 26.4 Å². The first-order valence-electron chi connectivity index (χ1n) is 7.86. The van der Waals surface area contributed by atoms with Crippen LogP contribution >= 0.6 is 0 Å². The van der Waals surface area contributed by atoms with Crippen molar-refractivity contribution in [3.8, 4) is 0 Å². The van der Waals surface area contributed by atoms with Gasteiger partial charge in [0.1, 0.15) is 0 Å².